The number of primary sulfonamides is 3. The number of benzene rings is 4. The Morgan fingerprint density at radius 2 is 0.828 bits per heavy atom. The summed E-state index contributed by atoms with van der Waals surface area (Å²) in [4.78, 5) is -1.22. The van der Waals surface area contributed by atoms with E-state index in [-0.39, 0.29) is 37.5 Å². The molecule has 0 saturated carbocycles. The van der Waals surface area contributed by atoms with Crippen LogP contribution in [0.1, 0.15) is 0 Å². The van der Waals surface area contributed by atoms with E-state index in [1.54, 1.807) is 0 Å². The zero-order chi connectivity index (χ0) is 21.5. The summed E-state index contributed by atoms with van der Waals surface area (Å²) in [7, 11) is -12.9. The third-order valence-electron chi connectivity index (χ3n) is 4.74. The number of rotatable bonds is 3. The van der Waals surface area contributed by atoms with Crippen molar-refractivity contribution in [1.29, 1.82) is 0 Å². The molecule has 0 fully saturated rings. The highest BCUT2D eigenvalue weighted by atomic mass is 32.2. The molecule has 0 unspecified atom stereocenters. The topological polar surface area (TPSA) is 206 Å². The maximum Gasteiger partial charge on any atom is 0.238 e. The minimum absolute atomic E-state index is 0.0640. The van der Waals surface area contributed by atoms with Gasteiger partial charge in [-0.15, -0.1) is 0 Å². The Hall–Kier alpha value is -2.55. The zero-order valence-corrected chi connectivity index (χ0v) is 16.9. The maximum atomic E-state index is 12.2. The van der Waals surface area contributed by atoms with Crippen molar-refractivity contribution in [3.05, 3.63) is 36.4 Å². The van der Waals surface area contributed by atoms with Gasteiger partial charge >= 0.3 is 0 Å². The fourth-order valence-corrected chi connectivity index (χ4v) is 5.99. The molecule has 4 aromatic rings. The average molecular weight is 455 g/mol. The van der Waals surface area contributed by atoms with Gasteiger partial charge in [0.2, 0.25) is 30.1 Å². The molecule has 0 atom stereocenters. The van der Waals surface area contributed by atoms with Gasteiger partial charge in [0.15, 0.2) is 0 Å². The van der Waals surface area contributed by atoms with Crippen LogP contribution in [0.15, 0.2) is 51.1 Å². The van der Waals surface area contributed by atoms with Crippen LogP contribution in [-0.2, 0) is 30.1 Å². The lowest BCUT2D eigenvalue weighted by Gasteiger charge is -2.18. The van der Waals surface area contributed by atoms with Crippen LogP contribution >= 0.6 is 0 Å². The second-order valence-corrected chi connectivity index (χ2v) is 11.1. The van der Waals surface area contributed by atoms with Crippen LogP contribution in [0.5, 0.6) is 0 Å². The smallest absolute Gasteiger partial charge is 0.238 e. The first-order valence-electron chi connectivity index (χ1n) is 7.83. The Morgan fingerprint density at radius 3 is 1.21 bits per heavy atom. The molecule has 13 heteroatoms. The van der Waals surface area contributed by atoms with E-state index < -0.39 is 39.9 Å². The number of anilines is 1. The van der Waals surface area contributed by atoms with Crippen molar-refractivity contribution in [2.24, 2.45) is 15.4 Å². The number of nitrogen functional groups attached to an aromatic ring is 1. The minimum atomic E-state index is -4.35. The van der Waals surface area contributed by atoms with Gasteiger partial charge in [-0.3, -0.25) is 0 Å². The first-order valence-corrected chi connectivity index (χ1v) is 12.5. The lowest BCUT2D eigenvalue weighted by molar-refractivity contribution is 0.595. The van der Waals surface area contributed by atoms with Gasteiger partial charge in [-0.1, -0.05) is 24.3 Å². The number of hydrogen-bond donors (Lipinski definition) is 4. The largest absolute Gasteiger partial charge is 0.398 e. The third-order valence-corrected chi connectivity index (χ3v) is 7.59. The third kappa shape index (κ3) is 2.90. The molecule has 0 aromatic heterocycles. The van der Waals surface area contributed by atoms with Crippen molar-refractivity contribution < 1.29 is 25.3 Å². The van der Waals surface area contributed by atoms with E-state index in [1.165, 1.54) is 30.3 Å². The SMILES string of the molecule is Nc1cc(S(N)(=O)=O)c2ccc3c(S(N)(=O)=O)cc(S(N)(=O)=O)c4ccc1c2c43. The van der Waals surface area contributed by atoms with E-state index in [0.29, 0.717) is 5.39 Å². The summed E-state index contributed by atoms with van der Waals surface area (Å²) in [5.41, 5.74) is 6.07. The molecule has 0 bridgehead atoms. The van der Waals surface area contributed by atoms with Gasteiger partial charge in [0.25, 0.3) is 0 Å². The van der Waals surface area contributed by atoms with Gasteiger partial charge in [-0.2, -0.15) is 0 Å². The second kappa shape index (κ2) is 5.75. The number of nitrogens with two attached hydrogens (primary N) is 4. The standard InChI is InChI=1S/C16H14N4O6S3/c17-11-5-12(27(18,21)22)8-3-4-10-14(29(20,25)26)6-13(28(19,23)24)9-2-1-7(11)15(8)16(9)10/h1-6H,17H2,(H2,18,21,22)(H2,19,23,24)(H2,20,25,26). The normalized spacial score (nSPS) is 13.6. The summed E-state index contributed by atoms with van der Waals surface area (Å²) >= 11 is 0. The van der Waals surface area contributed by atoms with E-state index in [9.17, 15) is 25.3 Å². The van der Waals surface area contributed by atoms with Gasteiger partial charge in [-0.05, 0) is 12.1 Å². The first-order chi connectivity index (χ1) is 13.2. The summed E-state index contributed by atoms with van der Waals surface area (Å²) < 4.78 is 72.8. The van der Waals surface area contributed by atoms with Gasteiger partial charge in [0.05, 0.1) is 14.7 Å². The lowest BCUT2D eigenvalue weighted by Crippen LogP contribution is -2.17. The predicted molar refractivity (Wildman–Crippen MR) is 109 cm³/mol. The molecule has 0 amide bonds. The van der Waals surface area contributed by atoms with Crippen molar-refractivity contribution in [3.8, 4) is 0 Å². The summed E-state index contributed by atoms with van der Waals surface area (Å²) in [5.74, 6) is 0. The summed E-state index contributed by atoms with van der Waals surface area (Å²) in [6.45, 7) is 0. The summed E-state index contributed by atoms with van der Waals surface area (Å²) in [6.07, 6.45) is 0. The average Bonchev–Trinajstić information content (AvgIpc) is 2.57. The molecule has 0 aliphatic heterocycles. The van der Waals surface area contributed by atoms with Crippen LogP contribution in [0.4, 0.5) is 5.69 Å². The van der Waals surface area contributed by atoms with Crippen molar-refractivity contribution in [2.75, 3.05) is 5.73 Å². The van der Waals surface area contributed by atoms with Crippen LogP contribution in [0.25, 0.3) is 32.3 Å². The Morgan fingerprint density at radius 1 is 0.517 bits per heavy atom. The van der Waals surface area contributed by atoms with Crippen molar-refractivity contribution in [3.63, 3.8) is 0 Å². The van der Waals surface area contributed by atoms with E-state index >= 15 is 0 Å². The molecule has 4 rings (SSSR count). The summed E-state index contributed by atoms with van der Waals surface area (Å²) in [6, 6.07) is 7.70. The van der Waals surface area contributed by atoms with E-state index in [0.717, 1.165) is 6.07 Å². The lowest BCUT2D eigenvalue weighted by atomic mass is 9.93. The molecule has 0 aliphatic rings. The van der Waals surface area contributed by atoms with Crippen molar-refractivity contribution >= 4 is 68.1 Å². The molecule has 4 aromatic carbocycles. The number of hydrogen-bond acceptors (Lipinski definition) is 7. The van der Waals surface area contributed by atoms with Crippen molar-refractivity contribution in [2.45, 2.75) is 14.7 Å². The van der Waals surface area contributed by atoms with Crippen molar-refractivity contribution in [1.82, 2.24) is 0 Å². The van der Waals surface area contributed by atoms with E-state index in [1.807, 2.05) is 0 Å². The molecule has 10 nitrogen and oxygen atoms in total. The van der Waals surface area contributed by atoms with Crippen LogP contribution < -0.4 is 21.2 Å². The molecule has 29 heavy (non-hydrogen) atoms. The summed E-state index contributed by atoms with van der Waals surface area (Å²) in [5, 5.41) is 17.0. The first kappa shape index (κ1) is 19.8. The highest BCUT2D eigenvalue weighted by Gasteiger charge is 2.26. The van der Waals surface area contributed by atoms with Crippen LogP contribution in [-0.4, -0.2) is 25.3 Å². The molecular weight excluding hydrogens is 440 g/mol. The fourth-order valence-electron chi connectivity index (χ4n) is 3.63. The molecule has 0 radical (unpaired) electrons. The monoisotopic (exact) mass is 454 g/mol. The maximum absolute atomic E-state index is 12.2. The zero-order valence-electron chi connectivity index (χ0n) is 14.4. The second-order valence-electron chi connectivity index (χ2n) is 6.54. The number of sulfonamides is 3. The Balaban J connectivity index is 2.47. The molecule has 0 spiro atoms. The molecule has 8 N–H and O–H groups in total. The molecule has 0 aliphatic carbocycles. The van der Waals surface area contributed by atoms with Crippen LogP contribution in [0.2, 0.25) is 0 Å². The molecular formula is C16H14N4O6S3. The molecule has 0 saturated heterocycles. The fraction of sp³-hybridized carbons (Fsp3) is 0. The van der Waals surface area contributed by atoms with Crippen LogP contribution in [0.3, 0.4) is 0 Å². The Labute approximate surface area is 165 Å². The predicted octanol–water partition coefficient (Wildman–Crippen LogP) is 0.108. The van der Waals surface area contributed by atoms with Gasteiger partial charge in [-0.25, -0.2) is 40.7 Å². The van der Waals surface area contributed by atoms with E-state index in [2.05, 4.69) is 0 Å². The minimum Gasteiger partial charge on any atom is -0.398 e. The Kier molecular flexibility index (Phi) is 3.91. The molecule has 0 heterocycles. The highest BCUT2D eigenvalue weighted by molar-refractivity contribution is 7.90. The van der Waals surface area contributed by atoms with Crippen LogP contribution in [0, 0.1) is 0 Å². The Bertz CT molecular complexity index is 1630. The molecule has 152 valence electrons. The van der Waals surface area contributed by atoms with E-state index in [4.69, 9.17) is 21.2 Å². The van der Waals surface area contributed by atoms with Gasteiger partial charge < -0.3 is 5.73 Å². The highest BCUT2D eigenvalue weighted by Crippen LogP contribution is 2.43. The van der Waals surface area contributed by atoms with Gasteiger partial charge in [0.1, 0.15) is 0 Å². The quantitative estimate of drug-likeness (QED) is 0.248. The van der Waals surface area contributed by atoms with Gasteiger partial charge in [0, 0.05) is 38.0 Å².